The summed E-state index contributed by atoms with van der Waals surface area (Å²) in [7, 11) is 0. The number of hydrogen-bond donors (Lipinski definition) is 1. The average molecular weight is 467 g/mol. The molecule has 0 aliphatic carbocycles. The first-order chi connectivity index (χ1) is 14.5. The van der Waals surface area contributed by atoms with Gasteiger partial charge in [0.05, 0.1) is 19.3 Å². The Morgan fingerprint density at radius 3 is 2.17 bits per heavy atom. The van der Waals surface area contributed by atoms with Gasteiger partial charge in [-0.05, 0) is 35.4 Å². The second-order valence-corrected chi connectivity index (χ2v) is 7.94. The molecule has 3 aromatic rings. The quantitative estimate of drug-likeness (QED) is 0.562. The number of imide groups is 1. The SMILES string of the molecule is O=C(Nc1ccnn1Cc1ccc(Br)cc1)c1ccc(CN2C(=O)CCC2=O)cc1. The molecule has 0 radical (unpaired) electrons. The van der Waals surface area contributed by atoms with Crippen LogP contribution >= 0.6 is 15.9 Å². The highest BCUT2D eigenvalue weighted by atomic mass is 79.9. The summed E-state index contributed by atoms with van der Waals surface area (Å²) in [4.78, 5) is 37.4. The van der Waals surface area contributed by atoms with Gasteiger partial charge in [0.15, 0.2) is 0 Å². The van der Waals surface area contributed by atoms with Gasteiger partial charge in [-0.15, -0.1) is 0 Å². The van der Waals surface area contributed by atoms with Crippen molar-refractivity contribution in [2.24, 2.45) is 0 Å². The Bertz CT molecular complexity index is 1070. The van der Waals surface area contributed by atoms with E-state index in [4.69, 9.17) is 0 Å². The molecular weight excluding hydrogens is 448 g/mol. The van der Waals surface area contributed by atoms with Gasteiger partial charge in [0.25, 0.3) is 5.91 Å². The number of likely N-dealkylation sites (tertiary alicyclic amines) is 1. The summed E-state index contributed by atoms with van der Waals surface area (Å²) in [5, 5.41) is 7.17. The lowest BCUT2D eigenvalue weighted by Gasteiger charge is -2.14. The molecule has 8 heteroatoms. The lowest BCUT2D eigenvalue weighted by Crippen LogP contribution is -2.28. The Balaban J connectivity index is 1.41. The van der Waals surface area contributed by atoms with Crippen molar-refractivity contribution in [3.8, 4) is 0 Å². The van der Waals surface area contributed by atoms with Crippen molar-refractivity contribution < 1.29 is 14.4 Å². The highest BCUT2D eigenvalue weighted by molar-refractivity contribution is 9.10. The van der Waals surface area contributed by atoms with E-state index in [0.29, 0.717) is 17.9 Å². The molecule has 7 nitrogen and oxygen atoms in total. The van der Waals surface area contributed by atoms with E-state index in [1.165, 1.54) is 4.90 Å². The fourth-order valence-electron chi connectivity index (χ4n) is 3.26. The third-order valence-corrected chi connectivity index (χ3v) is 5.44. The summed E-state index contributed by atoms with van der Waals surface area (Å²) in [6, 6.07) is 16.5. The van der Waals surface area contributed by atoms with Gasteiger partial charge in [-0.3, -0.25) is 19.3 Å². The summed E-state index contributed by atoms with van der Waals surface area (Å²) in [6.07, 6.45) is 2.18. The van der Waals surface area contributed by atoms with Crippen LogP contribution < -0.4 is 5.32 Å². The number of halogens is 1. The first kappa shape index (κ1) is 20.0. The molecule has 1 aliphatic heterocycles. The van der Waals surface area contributed by atoms with Crippen LogP contribution in [0.1, 0.15) is 34.3 Å². The topological polar surface area (TPSA) is 84.3 Å². The summed E-state index contributed by atoms with van der Waals surface area (Å²) < 4.78 is 2.72. The van der Waals surface area contributed by atoms with E-state index in [0.717, 1.165) is 15.6 Å². The summed E-state index contributed by atoms with van der Waals surface area (Å²) >= 11 is 3.42. The van der Waals surface area contributed by atoms with E-state index in [1.54, 1.807) is 41.2 Å². The number of hydrogen-bond acceptors (Lipinski definition) is 4. The zero-order valence-electron chi connectivity index (χ0n) is 16.0. The summed E-state index contributed by atoms with van der Waals surface area (Å²) in [5.41, 5.74) is 2.34. The Morgan fingerprint density at radius 1 is 0.900 bits per heavy atom. The van der Waals surface area contributed by atoms with Gasteiger partial charge in [0.1, 0.15) is 5.82 Å². The van der Waals surface area contributed by atoms with Crippen LogP contribution in [0.25, 0.3) is 0 Å². The summed E-state index contributed by atoms with van der Waals surface area (Å²) in [5.74, 6) is 0.0365. The van der Waals surface area contributed by atoms with Gasteiger partial charge in [0.2, 0.25) is 11.8 Å². The number of nitrogens with zero attached hydrogens (tertiary/aromatic N) is 3. The summed E-state index contributed by atoms with van der Waals surface area (Å²) in [6.45, 7) is 0.770. The molecule has 3 amide bonds. The predicted octanol–water partition coefficient (Wildman–Crippen LogP) is 3.60. The predicted molar refractivity (Wildman–Crippen MR) is 115 cm³/mol. The molecule has 1 aromatic heterocycles. The maximum atomic E-state index is 12.6. The zero-order chi connectivity index (χ0) is 21.1. The fourth-order valence-corrected chi connectivity index (χ4v) is 3.52. The Morgan fingerprint density at radius 2 is 1.50 bits per heavy atom. The van der Waals surface area contributed by atoms with Crippen LogP contribution in [0, 0.1) is 0 Å². The number of anilines is 1. The molecule has 0 bridgehead atoms. The Hall–Kier alpha value is -3.26. The highest BCUT2D eigenvalue weighted by Gasteiger charge is 2.28. The first-order valence-corrected chi connectivity index (χ1v) is 10.3. The molecular formula is C22H19BrN4O3. The van der Waals surface area contributed by atoms with Gasteiger partial charge in [-0.2, -0.15) is 5.10 Å². The van der Waals surface area contributed by atoms with Crippen LogP contribution in [0.15, 0.2) is 65.3 Å². The lowest BCUT2D eigenvalue weighted by atomic mass is 10.1. The average Bonchev–Trinajstić information content (AvgIpc) is 3.31. The van der Waals surface area contributed by atoms with Crippen molar-refractivity contribution in [1.29, 1.82) is 0 Å². The monoisotopic (exact) mass is 466 g/mol. The van der Waals surface area contributed by atoms with Crippen molar-refractivity contribution in [3.05, 3.63) is 82.0 Å². The van der Waals surface area contributed by atoms with Gasteiger partial charge in [0, 0.05) is 28.9 Å². The maximum Gasteiger partial charge on any atom is 0.256 e. The second-order valence-electron chi connectivity index (χ2n) is 7.03. The van der Waals surface area contributed by atoms with Crippen molar-refractivity contribution in [1.82, 2.24) is 14.7 Å². The van der Waals surface area contributed by atoms with Gasteiger partial charge < -0.3 is 5.32 Å². The van der Waals surface area contributed by atoms with Crippen LogP contribution in [-0.4, -0.2) is 32.4 Å². The molecule has 4 rings (SSSR count). The van der Waals surface area contributed by atoms with E-state index < -0.39 is 0 Å². The van der Waals surface area contributed by atoms with Crippen molar-refractivity contribution >= 4 is 39.5 Å². The van der Waals surface area contributed by atoms with E-state index >= 15 is 0 Å². The fraction of sp³-hybridized carbons (Fsp3) is 0.182. The third kappa shape index (κ3) is 4.49. The van der Waals surface area contributed by atoms with E-state index in [2.05, 4.69) is 26.3 Å². The van der Waals surface area contributed by atoms with Crippen LogP contribution in [0.5, 0.6) is 0 Å². The number of aromatic nitrogens is 2. The molecule has 152 valence electrons. The number of nitrogens with one attached hydrogen (secondary N) is 1. The Labute approximate surface area is 181 Å². The minimum atomic E-state index is -0.257. The van der Waals surface area contributed by atoms with Gasteiger partial charge in [-0.25, -0.2) is 4.68 Å². The molecule has 0 saturated carbocycles. The molecule has 2 aromatic carbocycles. The molecule has 1 aliphatic rings. The third-order valence-electron chi connectivity index (χ3n) is 4.92. The smallest absolute Gasteiger partial charge is 0.256 e. The molecule has 30 heavy (non-hydrogen) atoms. The molecule has 1 saturated heterocycles. The standard InChI is InChI=1S/C22H19BrN4O3/c23-18-7-3-16(4-8-18)14-27-19(11-12-24-27)25-22(30)17-5-1-15(2-6-17)13-26-20(28)9-10-21(26)29/h1-8,11-12H,9-10,13-14H2,(H,25,30). The molecule has 2 heterocycles. The van der Waals surface area contributed by atoms with E-state index in [-0.39, 0.29) is 37.1 Å². The number of benzene rings is 2. The molecule has 0 atom stereocenters. The Kier molecular flexibility index (Phi) is 5.76. The maximum absolute atomic E-state index is 12.6. The minimum absolute atomic E-state index is 0.152. The van der Waals surface area contributed by atoms with Crippen molar-refractivity contribution in [2.45, 2.75) is 25.9 Å². The lowest BCUT2D eigenvalue weighted by molar-refractivity contribution is -0.139. The van der Waals surface area contributed by atoms with Crippen LogP contribution in [0.4, 0.5) is 5.82 Å². The van der Waals surface area contributed by atoms with E-state index in [9.17, 15) is 14.4 Å². The number of carbonyl (C=O) groups excluding carboxylic acids is 3. The first-order valence-electron chi connectivity index (χ1n) is 9.49. The molecule has 1 fully saturated rings. The number of amides is 3. The molecule has 1 N–H and O–H groups in total. The zero-order valence-corrected chi connectivity index (χ0v) is 17.6. The van der Waals surface area contributed by atoms with Gasteiger partial charge >= 0.3 is 0 Å². The number of rotatable bonds is 6. The minimum Gasteiger partial charge on any atom is -0.307 e. The molecule has 0 unspecified atom stereocenters. The van der Waals surface area contributed by atoms with Crippen LogP contribution in [-0.2, 0) is 22.7 Å². The van der Waals surface area contributed by atoms with Crippen molar-refractivity contribution in [3.63, 3.8) is 0 Å². The van der Waals surface area contributed by atoms with E-state index in [1.807, 2.05) is 24.3 Å². The normalized spacial score (nSPS) is 13.7. The van der Waals surface area contributed by atoms with Crippen LogP contribution in [0.2, 0.25) is 0 Å². The molecule has 0 spiro atoms. The largest absolute Gasteiger partial charge is 0.307 e. The van der Waals surface area contributed by atoms with Crippen LogP contribution in [0.3, 0.4) is 0 Å². The van der Waals surface area contributed by atoms with Gasteiger partial charge in [-0.1, -0.05) is 40.2 Å². The number of carbonyl (C=O) groups is 3. The highest BCUT2D eigenvalue weighted by Crippen LogP contribution is 2.18. The second kappa shape index (κ2) is 8.62. The van der Waals surface area contributed by atoms with Crippen molar-refractivity contribution in [2.75, 3.05) is 5.32 Å².